The van der Waals surface area contributed by atoms with Crippen LogP contribution < -0.4 is 11.2 Å². The van der Waals surface area contributed by atoms with Crippen LogP contribution >= 0.6 is 0 Å². The minimum Gasteiger partial charge on any atom is -0.369 e. The second-order valence-corrected chi connectivity index (χ2v) is 1.25. The molecule has 0 aromatic rings. The normalized spacial score (nSPS) is 8.56. The third-order valence-electron chi connectivity index (χ3n) is 0.459. The summed E-state index contributed by atoms with van der Waals surface area (Å²) in [6.07, 6.45) is 2.49. The summed E-state index contributed by atoms with van der Waals surface area (Å²) in [7, 11) is 0. The maximum absolute atomic E-state index is 6.63. The van der Waals surface area contributed by atoms with E-state index in [9.17, 15) is 0 Å². The first-order valence-corrected chi connectivity index (χ1v) is 2.39. The van der Waals surface area contributed by atoms with Crippen LogP contribution in [0.5, 0.6) is 0 Å². The van der Waals surface area contributed by atoms with Crippen LogP contribution in [0.25, 0.3) is 0 Å². The number of guanidine groups is 1. The molecule has 0 radical (unpaired) electrons. The Morgan fingerprint density at radius 2 is 2.44 bits per heavy atom. The monoisotopic (exact) mass is 130 g/mol. The summed E-state index contributed by atoms with van der Waals surface area (Å²) in [5.74, 6) is -0.130. The molecule has 0 bridgehead atoms. The maximum Gasteiger partial charge on any atom is 0.206 e. The van der Waals surface area contributed by atoms with Crippen molar-refractivity contribution in [3.05, 3.63) is 0 Å². The van der Waals surface area contributed by atoms with Crippen molar-refractivity contribution in [2.75, 3.05) is 0 Å². The largest absolute Gasteiger partial charge is 0.369 e. The molecule has 9 heavy (non-hydrogen) atoms. The average Bonchev–Trinajstić information content (AvgIpc) is 1.66. The van der Waals surface area contributed by atoms with Gasteiger partial charge < -0.3 is 5.73 Å². The van der Waals surface area contributed by atoms with Crippen molar-refractivity contribution in [3.63, 3.8) is 0 Å². The van der Waals surface area contributed by atoms with Gasteiger partial charge in [0.05, 0.1) is 0 Å². The lowest BCUT2D eigenvalue weighted by Crippen LogP contribution is -2.25. The van der Waals surface area contributed by atoms with Crippen LogP contribution in [-0.2, 0) is 0 Å². The van der Waals surface area contributed by atoms with E-state index in [0.717, 1.165) is 6.42 Å². The Morgan fingerprint density at radius 3 is 2.78 bits per heavy atom. The highest BCUT2D eigenvalue weighted by atomic mass is 15.3. The number of hydrazone groups is 1. The number of nitrogens with zero attached hydrogens (tertiary/aromatic N) is 1. The van der Waals surface area contributed by atoms with E-state index in [-0.39, 0.29) is 13.4 Å². The molecule has 0 unspecified atom stereocenters. The van der Waals surface area contributed by atoms with Crippen LogP contribution in [-0.4, -0.2) is 12.2 Å². The minimum atomic E-state index is -0.130. The van der Waals surface area contributed by atoms with Crippen LogP contribution in [0.15, 0.2) is 5.10 Å². The lowest BCUT2D eigenvalue weighted by atomic mass is 10.6. The standard InChI is InChI=1S/C4H10N4.CH4/c1-2-3-7-8-4(5)6;/h3H,2H2,1H3,(H4,5,6,8);1H4/b7-3+;. The summed E-state index contributed by atoms with van der Waals surface area (Å²) in [4.78, 5) is 0. The summed E-state index contributed by atoms with van der Waals surface area (Å²) < 4.78 is 0. The van der Waals surface area contributed by atoms with E-state index >= 15 is 0 Å². The zero-order valence-electron chi connectivity index (χ0n) is 4.81. The molecular weight excluding hydrogens is 116 g/mol. The van der Waals surface area contributed by atoms with Crippen LogP contribution in [0.1, 0.15) is 20.8 Å². The van der Waals surface area contributed by atoms with Crippen molar-refractivity contribution < 1.29 is 0 Å². The molecule has 0 aliphatic heterocycles. The van der Waals surface area contributed by atoms with E-state index in [1.165, 1.54) is 0 Å². The van der Waals surface area contributed by atoms with E-state index in [0.29, 0.717) is 0 Å². The summed E-state index contributed by atoms with van der Waals surface area (Å²) in [5.41, 5.74) is 7.17. The third kappa shape index (κ3) is 10.9. The van der Waals surface area contributed by atoms with E-state index in [1.54, 1.807) is 6.21 Å². The van der Waals surface area contributed by atoms with Gasteiger partial charge in [-0.25, -0.2) is 5.43 Å². The molecule has 54 valence electrons. The third-order valence-corrected chi connectivity index (χ3v) is 0.459. The fourth-order valence-electron chi connectivity index (χ4n) is 0.206. The molecule has 0 saturated carbocycles. The second kappa shape index (κ2) is 6.94. The van der Waals surface area contributed by atoms with Gasteiger partial charge in [0.15, 0.2) is 0 Å². The molecule has 0 heterocycles. The van der Waals surface area contributed by atoms with Crippen LogP contribution in [0.4, 0.5) is 0 Å². The molecule has 4 heteroatoms. The molecule has 0 rings (SSSR count). The summed E-state index contributed by atoms with van der Waals surface area (Å²) >= 11 is 0. The predicted octanol–water partition coefficient (Wildman–Crippen LogP) is 0.501. The number of hydrogen-bond donors (Lipinski definition) is 3. The van der Waals surface area contributed by atoms with Crippen LogP contribution in [0.3, 0.4) is 0 Å². The second-order valence-electron chi connectivity index (χ2n) is 1.25. The number of hydrogen-bond acceptors (Lipinski definition) is 2. The predicted molar refractivity (Wildman–Crippen MR) is 40.6 cm³/mol. The van der Waals surface area contributed by atoms with E-state index < -0.39 is 0 Å². The first-order valence-electron chi connectivity index (χ1n) is 2.39. The minimum absolute atomic E-state index is 0. The molecule has 0 aliphatic carbocycles. The molecule has 0 spiro atoms. The molecular formula is C5H14N4. The van der Waals surface area contributed by atoms with Gasteiger partial charge in [-0.1, -0.05) is 14.4 Å². The molecule has 0 amide bonds. The highest BCUT2D eigenvalue weighted by Gasteiger charge is 1.74. The van der Waals surface area contributed by atoms with Crippen LogP contribution in [0.2, 0.25) is 0 Å². The smallest absolute Gasteiger partial charge is 0.206 e. The van der Waals surface area contributed by atoms with Gasteiger partial charge in [-0.3, -0.25) is 5.41 Å². The molecule has 4 N–H and O–H groups in total. The van der Waals surface area contributed by atoms with Gasteiger partial charge in [0, 0.05) is 6.21 Å². The van der Waals surface area contributed by atoms with Crippen molar-refractivity contribution in [2.45, 2.75) is 20.8 Å². The summed E-state index contributed by atoms with van der Waals surface area (Å²) in [6, 6.07) is 0. The lowest BCUT2D eigenvalue weighted by molar-refractivity contribution is 0.992. The Hall–Kier alpha value is -1.06. The van der Waals surface area contributed by atoms with E-state index in [2.05, 4.69) is 10.5 Å². The van der Waals surface area contributed by atoms with E-state index in [1.807, 2.05) is 6.92 Å². The van der Waals surface area contributed by atoms with Gasteiger partial charge in [-0.05, 0) is 6.42 Å². The Labute approximate surface area is 55.6 Å². The molecule has 0 aliphatic rings. The Morgan fingerprint density at radius 1 is 1.89 bits per heavy atom. The first kappa shape index (κ1) is 10.8. The highest BCUT2D eigenvalue weighted by Crippen LogP contribution is 1.63. The SMILES string of the molecule is C.CC/C=N/NC(=N)N. The van der Waals surface area contributed by atoms with Gasteiger partial charge in [-0.2, -0.15) is 5.10 Å². The van der Waals surface area contributed by atoms with Gasteiger partial charge in [-0.15, -0.1) is 0 Å². The highest BCUT2D eigenvalue weighted by molar-refractivity contribution is 5.75. The van der Waals surface area contributed by atoms with Gasteiger partial charge in [0.1, 0.15) is 0 Å². The van der Waals surface area contributed by atoms with Crippen LogP contribution in [0, 0.1) is 5.41 Å². The summed E-state index contributed by atoms with van der Waals surface area (Å²) in [5, 5.41) is 10.2. The Kier molecular flexibility index (Phi) is 8.36. The lowest BCUT2D eigenvalue weighted by Gasteiger charge is -1.90. The van der Waals surface area contributed by atoms with Crippen molar-refractivity contribution in [2.24, 2.45) is 10.8 Å². The van der Waals surface area contributed by atoms with E-state index in [4.69, 9.17) is 11.1 Å². The quantitative estimate of drug-likeness (QED) is 0.289. The van der Waals surface area contributed by atoms with Gasteiger partial charge in [0.2, 0.25) is 5.96 Å². The van der Waals surface area contributed by atoms with Crippen molar-refractivity contribution in [1.29, 1.82) is 5.41 Å². The first-order chi connectivity index (χ1) is 3.77. The molecule has 0 fully saturated rings. The zero-order chi connectivity index (χ0) is 6.41. The number of nitrogens with two attached hydrogens (primary N) is 1. The Bertz CT molecular complexity index is 97.1. The summed E-state index contributed by atoms with van der Waals surface area (Å²) in [6.45, 7) is 1.95. The number of rotatable bonds is 2. The molecule has 0 aromatic carbocycles. The van der Waals surface area contributed by atoms with Gasteiger partial charge >= 0.3 is 0 Å². The zero-order valence-corrected chi connectivity index (χ0v) is 4.81. The topological polar surface area (TPSA) is 74.3 Å². The number of nitrogens with one attached hydrogen (secondary N) is 2. The van der Waals surface area contributed by atoms with Crippen molar-refractivity contribution in [1.82, 2.24) is 5.43 Å². The fraction of sp³-hybridized carbons (Fsp3) is 0.600. The molecule has 0 saturated heterocycles. The molecule has 4 nitrogen and oxygen atoms in total. The Balaban J connectivity index is 0. The van der Waals surface area contributed by atoms with Gasteiger partial charge in [0.25, 0.3) is 0 Å². The average molecular weight is 130 g/mol. The molecule has 0 aromatic heterocycles. The maximum atomic E-state index is 6.63. The van der Waals surface area contributed by atoms with Crippen molar-refractivity contribution in [3.8, 4) is 0 Å². The molecule has 0 atom stereocenters. The van der Waals surface area contributed by atoms with Crippen molar-refractivity contribution >= 4 is 12.2 Å². The fourth-order valence-corrected chi connectivity index (χ4v) is 0.206.